The first-order chi connectivity index (χ1) is 5.22. The van der Waals surface area contributed by atoms with Crippen LogP contribution in [0.5, 0.6) is 0 Å². The molecule has 0 atom stereocenters. The summed E-state index contributed by atoms with van der Waals surface area (Å²) in [6, 6.07) is 0. The summed E-state index contributed by atoms with van der Waals surface area (Å²) in [6.07, 6.45) is 11.8. The quantitative estimate of drug-likeness (QED) is 0.459. The Labute approximate surface area is 67.7 Å². The van der Waals surface area contributed by atoms with Crippen LogP contribution in [-0.2, 0) is 0 Å². The van der Waals surface area contributed by atoms with Gasteiger partial charge in [-0.15, -0.1) is 0 Å². The van der Waals surface area contributed by atoms with E-state index >= 15 is 0 Å². The predicted octanol–water partition coefficient (Wildman–Crippen LogP) is 1.61. The molecule has 2 aliphatic rings. The second kappa shape index (κ2) is 2.07. The molecule has 0 unspecified atom stereocenters. The molecule has 0 aromatic rings. The smallest absolute Gasteiger partial charge is 0.198 e. The van der Waals surface area contributed by atoms with Crippen LogP contribution in [0.3, 0.4) is 0 Å². The van der Waals surface area contributed by atoms with E-state index in [1.807, 2.05) is 0 Å². The number of nitrogens with zero attached hydrogens (tertiary/aromatic N) is 1. The molecular formula is C10H14N+. The van der Waals surface area contributed by atoms with Crippen molar-refractivity contribution < 1.29 is 4.58 Å². The van der Waals surface area contributed by atoms with E-state index in [4.69, 9.17) is 0 Å². The van der Waals surface area contributed by atoms with Crippen molar-refractivity contribution in [3.63, 3.8) is 0 Å². The molecule has 58 valence electrons. The highest BCUT2D eigenvalue weighted by Gasteiger charge is 2.38. The molecular weight excluding hydrogens is 134 g/mol. The lowest BCUT2D eigenvalue weighted by atomic mass is 10.00. The third-order valence-corrected chi connectivity index (χ3v) is 2.52. The molecule has 2 aliphatic carbocycles. The van der Waals surface area contributed by atoms with Gasteiger partial charge in [-0.2, -0.15) is 0 Å². The fourth-order valence-corrected chi connectivity index (χ4v) is 1.39. The summed E-state index contributed by atoms with van der Waals surface area (Å²) in [5.41, 5.74) is 1.79. The van der Waals surface area contributed by atoms with E-state index in [9.17, 15) is 0 Å². The van der Waals surface area contributed by atoms with Crippen molar-refractivity contribution in [2.24, 2.45) is 5.41 Å². The van der Waals surface area contributed by atoms with Gasteiger partial charge in [0.25, 0.3) is 0 Å². The van der Waals surface area contributed by atoms with Crippen LogP contribution in [0.2, 0.25) is 0 Å². The van der Waals surface area contributed by atoms with Crippen molar-refractivity contribution in [2.45, 2.75) is 12.8 Å². The van der Waals surface area contributed by atoms with Crippen LogP contribution in [0.25, 0.3) is 0 Å². The first kappa shape index (κ1) is 6.84. The summed E-state index contributed by atoms with van der Waals surface area (Å²) in [5.74, 6) is 0. The third-order valence-electron chi connectivity index (χ3n) is 2.52. The van der Waals surface area contributed by atoms with Crippen molar-refractivity contribution in [1.29, 1.82) is 0 Å². The average Bonchev–Trinajstić information content (AvgIpc) is 2.70. The maximum atomic E-state index is 2.34. The molecule has 2 rings (SSSR count). The lowest BCUT2D eigenvalue weighted by Crippen LogP contribution is -2.11. The first-order valence-corrected chi connectivity index (χ1v) is 4.15. The molecule has 1 saturated carbocycles. The molecule has 0 saturated heterocycles. The summed E-state index contributed by atoms with van der Waals surface area (Å²) in [4.78, 5) is 0. The maximum absolute atomic E-state index is 2.34. The summed E-state index contributed by atoms with van der Waals surface area (Å²) in [6.45, 7) is 0. The topological polar surface area (TPSA) is 3.01 Å². The lowest BCUT2D eigenvalue weighted by molar-refractivity contribution is -0.462. The highest BCUT2D eigenvalue weighted by molar-refractivity contribution is 6.01. The second-order valence-electron chi connectivity index (χ2n) is 3.72. The van der Waals surface area contributed by atoms with Gasteiger partial charge in [0.05, 0.1) is 0 Å². The van der Waals surface area contributed by atoms with Gasteiger partial charge in [-0.3, -0.25) is 0 Å². The Morgan fingerprint density at radius 1 is 1.18 bits per heavy atom. The molecule has 0 amide bonds. The fraction of sp³-hybridized carbons (Fsp3) is 0.500. The molecule has 0 aliphatic heterocycles. The fourth-order valence-electron chi connectivity index (χ4n) is 1.39. The van der Waals surface area contributed by atoms with Crippen LogP contribution in [0.1, 0.15) is 12.8 Å². The predicted molar refractivity (Wildman–Crippen MR) is 47.1 cm³/mol. The third kappa shape index (κ3) is 1.15. The molecule has 11 heavy (non-hydrogen) atoms. The second-order valence-corrected chi connectivity index (χ2v) is 3.72. The highest BCUT2D eigenvalue weighted by Crippen LogP contribution is 2.49. The molecule has 0 heterocycles. The lowest BCUT2D eigenvalue weighted by Gasteiger charge is -2.06. The minimum atomic E-state index is 0.486. The summed E-state index contributed by atoms with van der Waals surface area (Å²) < 4.78 is 2.14. The Bertz CT molecular complexity index is 243. The Morgan fingerprint density at radius 3 is 2.09 bits per heavy atom. The van der Waals surface area contributed by atoms with Gasteiger partial charge in [0.2, 0.25) is 0 Å². The van der Waals surface area contributed by atoms with Crippen LogP contribution in [0.15, 0.2) is 24.3 Å². The summed E-state index contributed by atoms with van der Waals surface area (Å²) in [7, 11) is 4.16. The highest BCUT2D eigenvalue weighted by atomic mass is 14.9. The zero-order valence-corrected chi connectivity index (χ0v) is 7.17. The molecule has 1 heteroatoms. The van der Waals surface area contributed by atoms with Crippen molar-refractivity contribution >= 4 is 5.71 Å². The van der Waals surface area contributed by atoms with E-state index < -0.39 is 0 Å². The van der Waals surface area contributed by atoms with E-state index in [0.717, 1.165) is 0 Å². The van der Waals surface area contributed by atoms with Crippen LogP contribution in [0, 0.1) is 5.41 Å². The van der Waals surface area contributed by atoms with Gasteiger partial charge in [0, 0.05) is 17.6 Å². The average molecular weight is 148 g/mol. The minimum absolute atomic E-state index is 0.486. The van der Waals surface area contributed by atoms with E-state index in [1.165, 1.54) is 18.6 Å². The van der Waals surface area contributed by atoms with Crippen LogP contribution in [0.4, 0.5) is 0 Å². The van der Waals surface area contributed by atoms with Crippen molar-refractivity contribution in [3.05, 3.63) is 24.3 Å². The summed E-state index contributed by atoms with van der Waals surface area (Å²) in [5, 5.41) is 0. The number of rotatable bonds is 0. The molecule has 1 nitrogen and oxygen atoms in total. The van der Waals surface area contributed by atoms with E-state index in [0.29, 0.717) is 5.41 Å². The largest absolute Gasteiger partial charge is 0.235 e. The summed E-state index contributed by atoms with van der Waals surface area (Å²) >= 11 is 0. The zero-order chi connectivity index (χ0) is 7.90. The van der Waals surface area contributed by atoms with Gasteiger partial charge in [0.1, 0.15) is 14.1 Å². The Kier molecular flexibility index (Phi) is 1.28. The van der Waals surface area contributed by atoms with Gasteiger partial charge in [-0.1, -0.05) is 12.2 Å². The van der Waals surface area contributed by atoms with Crippen molar-refractivity contribution in [2.75, 3.05) is 14.1 Å². The molecule has 1 fully saturated rings. The molecule has 1 spiro atoms. The van der Waals surface area contributed by atoms with Crippen molar-refractivity contribution in [1.82, 2.24) is 0 Å². The number of allylic oxidation sites excluding steroid dienone is 4. The SMILES string of the molecule is C[N+](C)=C1C=CC2(C=C1)CC2. The van der Waals surface area contributed by atoms with Gasteiger partial charge >= 0.3 is 0 Å². The molecule has 0 aromatic heterocycles. The minimum Gasteiger partial charge on any atom is -0.235 e. The van der Waals surface area contributed by atoms with Gasteiger partial charge in [0.15, 0.2) is 5.71 Å². The first-order valence-electron chi connectivity index (χ1n) is 4.15. The standard InChI is InChI=1S/C10H14N/c1-11(2)9-3-5-10(6-4-9)7-8-10/h3-6H,7-8H2,1-2H3/q+1. The molecule has 0 N–H and O–H groups in total. The van der Waals surface area contributed by atoms with Crippen LogP contribution in [-0.4, -0.2) is 24.4 Å². The van der Waals surface area contributed by atoms with Gasteiger partial charge in [-0.25, -0.2) is 4.58 Å². The van der Waals surface area contributed by atoms with Gasteiger partial charge in [-0.05, 0) is 12.8 Å². The maximum Gasteiger partial charge on any atom is 0.198 e. The van der Waals surface area contributed by atoms with Crippen LogP contribution >= 0.6 is 0 Å². The molecule has 0 aromatic carbocycles. The molecule has 0 radical (unpaired) electrons. The van der Waals surface area contributed by atoms with Gasteiger partial charge < -0.3 is 0 Å². The normalized spacial score (nSPS) is 24.4. The number of hydrogen-bond donors (Lipinski definition) is 0. The molecule has 0 bridgehead atoms. The van der Waals surface area contributed by atoms with Crippen molar-refractivity contribution in [3.8, 4) is 0 Å². The van der Waals surface area contributed by atoms with E-state index in [-0.39, 0.29) is 0 Å². The monoisotopic (exact) mass is 148 g/mol. The Morgan fingerprint density at radius 2 is 1.73 bits per heavy atom. The Hall–Kier alpha value is -0.850. The van der Waals surface area contributed by atoms with E-state index in [2.05, 4.69) is 43.0 Å². The number of hydrogen-bond acceptors (Lipinski definition) is 0. The van der Waals surface area contributed by atoms with E-state index in [1.54, 1.807) is 0 Å². The van der Waals surface area contributed by atoms with Crippen LogP contribution < -0.4 is 0 Å². The Balaban J connectivity index is 2.25. The zero-order valence-electron chi connectivity index (χ0n) is 7.17.